The van der Waals surface area contributed by atoms with Crippen LogP contribution in [0.4, 0.5) is 5.69 Å². The summed E-state index contributed by atoms with van der Waals surface area (Å²) in [7, 11) is -3.35. The molecule has 0 saturated carbocycles. The first-order valence-corrected chi connectivity index (χ1v) is 11.8. The summed E-state index contributed by atoms with van der Waals surface area (Å²) in [4.78, 5) is 17.2. The SMILES string of the molecule is Cc1ccc(-n2ccnc2SC(C)C(=O)c2ccc(NS(C)(=O)=O)cc2)cc1C. The van der Waals surface area contributed by atoms with Gasteiger partial charge >= 0.3 is 0 Å². The molecular weight excluding hydrogens is 406 g/mol. The Morgan fingerprint density at radius 3 is 2.41 bits per heavy atom. The van der Waals surface area contributed by atoms with E-state index in [-0.39, 0.29) is 11.0 Å². The first-order valence-electron chi connectivity index (χ1n) is 9.04. The quantitative estimate of drug-likeness (QED) is 0.449. The van der Waals surface area contributed by atoms with Crippen LogP contribution in [0.5, 0.6) is 0 Å². The molecule has 0 amide bonds. The summed E-state index contributed by atoms with van der Waals surface area (Å²) in [6, 6.07) is 12.6. The lowest BCUT2D eigenvalue weighted by atomic mass is 10.1. The number of aromatic nitrogens is 2. The van der Waals surface area contributed by atoms with Gasteiger partial charge in [-0.2, -0.15) is 0 Å². The van der Waals surface area contributed by atoms with Crippen molar-refractivity contribution >= 4 is 33.3 Å². The van der Waals surface area contributed by atoms with Gasteiger partial charge in [0, 0.05) is 29.3 Å². The number of carbonyl (C=O) groups is 1. The smallest absolute Gasteiger partial charge is 0.229 e. The molecule has 0 aliphatic rings. The molecular formula is C21H23N3O3S2. The highest BCUT2D eigenvalue weighted by atomic mass is 32.2. The number of thioether (sulfide) groups is 1. The Morgan fingerprint density at radius 2 is 1.79 bits per heavy atom. The summed E-state index contributed by atoms with van der Waals surface area (Å²) >= 11 is 1.39. The number of nitrogens with one attached hydrogen (secondary N) is 1. The lowest BCUT2D eigenvalue weighted by Crippen LogP contribution is -2.15. The Kier molecular flexibility index (Phi) is 6.14. The zero-order chi connectivity index (χ0) is 21.2. The van der Waals surface area contributed by atoms with Crippen molar-refractivity contribution in [1.82, 2.24) is 9.55 Å². The van der Waals surface area contributed by atoms with Crippen LogP contribution in [0.15, 0.2) is 60.0 Å². The summed E-state index contributed by atoms with van der Waals surface area (Å²) in [5.41, 5.74) is 4.37. The van der Waals surface area contributed by atoms with Gasteiger partial charge in [-0.05, 0) is 68.3 Å². The number of hydrogen-bond acceptors (Lipinski definition) is 5. The maximum absolute atomic E-state index is 12.8. The molecule has 0 fully saturated rings. The van der Waals surface area contributed by atoms with Gasteiger partial charge in [0.25, 0.3) is 0 Å². The summed E-state index contributed by atoms with van der Waals surface area (Å²) in [6.07, 6.45) is 4.69. The number of anilines is 1. The minimum atomic E-state index is -3.35. The molecule has 1 atom stereocenters. The average molecular weight is 430 g/mol. The number of imidazole rings is 1. The van der Waals surface area contributed by atoms with Gasteiger partial charge in [0.2, 0.25) is 10.0 Å². The average Bonchev–Trinajstić information content (AvgIpc) is 3.11. The van der Waals surface area contributed by atoms with Crippen LogP contribution < -0.4 is 4.72 Å². The number of nitrogens with zero attached hydrogens (tertiary/aromatic N) is 2. The van der Waals surface area contributed by atoms with E-state index in [1.807, 2.05) is 23.8 Å². The van der Waals surface area contributed by atoms with E-state index in [4.69, 9.17) is 0 Å². The Labute approximate surface area is 175 Å². The van der Waals surface area contributed by atoms with Crippen LogP contribution in [0, 0.1) is 13.8 Å². The fourth-order valence-electron chi connectivity index (χ4n) is 2.81. The first-order chi connectivity index (χ1) is 13.6. The summed E-state index contributed by atoms with van der Waals surface area (Å²) < 4.78 is 27.0. The topological polar surface area (TPSA) is 81.1 Å². The van der Waals surface area contributed by atoms with E-state index in [1.54, 1.807) is 30.5 Å². The van der Waals surface area contributed by atoms with E-state index in [1.165, 1.54) is 22.9 Å². The van der Waals surface area contributed by atoms with E-state index in [0.717, 1.165) is 17.1 Å². The molecule has 1 heterocycles. The molecule has 8 heteroatoms. The van der Waals surface area contributed by atoms with Crippen LogP contribution >= 0.6 is 11.8 Å². The number of Topliss-reactive ketones (excluding diaryl/α,β-unsaturated/α-hetero) is 1. The molecule has 29 heavy (non-hydrogen) atoms. The van der Waals surface area contributed by atoms with Crippen molar-refractivity contribution in [2.45, 2.75) is 31.2 Å². The van der Waals surface area contributed by atoms with Crippen molar-refractivity contribution in [3.63, 3.8) is 0 Å². The Bertz CT molecular complexity index is 1140. The fraction of sp³-hybridized carbons (Fsp3) is 0.238. The lowest BCUT2D eigenvalue weighted by molar-refractivity contribution is 0.0994. The number of aryl methyl sites for hydroxylation is 2. The molecule has 0 bridgehead atoms. The van der Waals surface area contributed by atoms with E-state index >= 15 is 0 Å². The van der Waals surface area contributed by atoms with Gasteiger partial charge in [-0.1, -0.05) is 17.8 Å². The maximum Gasteiger partial charge on any atom is 0.229 e. The van der Waals surface area contributed by atoms with Gasteiger partial charge < -0.3 is 0 Å². The predicted octanol–water partition coefficient (Wildman–Crippen LogP) is 4.22. The van der Waals surface area contributed by atoms with Crippen molar-refractivity contribution in [1.29, 1.82) is 0 Å². The molecule has 0 aliphatic carbocycles. The molecule has 3 rings (SSSR count). The van der Waals surface area contributed by atoms with Crippen LogP contribution in [0.25, 0.3) is 5.69 Å². The molecule has 0 radical (unpaired) electrons. The zero-order valence-electron chi connectivity index (χ0n) is 16.7. The number of carbonyl (C=O) groups excluding carboxylic acids is 1. The highest BCUT2D eigenvalue weighted by Gasteiger charge is 2.19. The third kappa shape index (κ3) is 5.27. The van der Waals surface area contributed by atoms with Crippen molar-refractivity contribution in [2.75, 3.05) is 11.0 Å². The molecule has 2 aromatic carbocycles. The summed E-state index contributed by atoms with van der Waals surface area (Å²) in [5, 5.41) is 0.390. The third-order valence-electron chi connectivity index (χ3n) is 4.50. The Morgan fingerprint density at radius 1 is 1.10 bits per heavy atom. The molecule has 6 nitrogen and oxygen atoms in total. The second-order valence-corrected chi connectivity index (χ2v) is 9.98. The molecule has 3 aromatic rings. The van der Waals surface area contributed by atoms with Gasteiger partial charge in [0.15, 0.2) is 10.9 Å². The zero-order valence-corrected chi connectivity index (χ0v) is 18.3. The van der Waals surface area contributed by atoms with E-state index in [9.17, 15) is 13.2 Å². The normalized spacial score (nSPS) is 12.6. The number of ketones is 1. The van der Waals surface area contributed by atoms with Gasteiger partial charge in [-0.25, -0.2) is 13.4 Å². The highest BCUT2D eigenvalue weighted by molar-refractivity contribution is 8.00. The first kappa shape index (κ1) is 21.1. The van der Waals surface area contributed by atoms with Gasteiger partial charge in [-0.15, -0.1) is 0 Å². The monoisotopic (exact) mass is 429 g/mol. The van der Waals surface area contributed by atoms with Gasteiger partial charge in [0.1, 0.15) is 0 Å². The third-order valence-corrected chi connectivity index (χ3v) is 6.19. The molecule has 0 spiro atoms. The molecule has 0 aliphatic heterocycles. The summed E-state index contributed by atoms with van der Waals surface area (Å²) in [5.74, 6) is -0.0458. The molecule has 1 N–H and O–H groups in total. The number of benzene rings is 2. The largest absolute Gasteiger partial charge is 0.295 e. The van der Waals surface area contributed by atoms with Crippen LogP contribution in [0.3, 0.4) is 0 Å². The lowest BCUT2D eigenvalue weighted by Gasteiger charge is -2.13. The van der Waals surface area contributed by atoms with Crippen molar-refractivity contribution in [3.05, 3.63) is 71.5 Å². The minimum absolute atomic E-state index is 0.0458. The van der Waals surface area contributed by atoms with E-state index in [2.05, 4.69) is 35.7 Å². The van der Waals surface area contributed by atoms with Gasteiger partial charge in [0.05, 0.1) is 11.5 Å². The minimum Gasteiger partial charge on any atom is -0.295 e. The molecule has 0 saturated heterocycles. The predicted molar refractivity (Wildman–Crippen MR) is 118 cm³/mol. The second kappa shape index (κ2) is 8.42. The van der Waals surface area contributed by atoms with Crippen LogP contribution in [0.2, 0.25) is 0 Å². The van der Waals surface area contributed by atoms with Crippen LogP contribution in [-0.4, -0.2) is 35.3 Å². The molecule has 1 unspecified atom stereocenters. The van der Waals surface area contributed by atoms with Crippen LogP contribution in [0.1, 0.15) is 28.4 Å². The number of rotatable bonds is 7. The van der Waals surface area contributed by atoms with Crippen molar-refractivity contribution < 1.29 is 13.2 Å². The fourth-order valence-corrected chi connectivity index (χ4v) is 4.34. The Hall–Kier alpha value is -2.58. The second-order valence-electron chi connectivity index (χ2n) is 6.92. The standard InChI is InChI=1S/C21H23N3O3S2/c1-14-5-10-19(13-15(14)2)24-12-11-22-21(24)28-16(3)20(25)17-6-8-18(9-7-17)23-29(4,26)27/h5-13,16,23H,1-4H3. The molecule has 152 valence electrons. The van der Waals surface area contributed by atoms with Crippen molar-refractivity contribution in [3.8, 4) is 5.69 Å². The van der Waals surface area contributed by atoms with E-state index < -0.39 is 10.0 Å². The molecule has 1 aromatic heterocycles. The number of hydrogen-bond donors (Lipinski definition) is 1. The van der Waals surface area contributed by atoms with Gasteiger partial charge in [-0.3, -0.25) is 14.1 Å². The maximum atomic E-state index is 12.8. The summed E-state index contributed by atoms with van der Waals surface area (Å²) in [6.45, 7) is 5.98. The van der Waals surface area contributed by atoms with Crippen LogP contribution in [-0.2, 0) is 10.0 Å². The number of sulfonamides is 1. The van der Waals surface area contributed by atoms with E-state index in [0.29, 0.717) is 11.3 Å². The Balaban J connectivity index is 1.75. The van der Waals surface area contributed by atoms with Crippen molar-refractivity contribution in [2.24, 2.45) is 0 Å². The highest BCUT2D eigenvalue weighted by Crippen LogP contribution is 2.27.